The van der Waals surface area contributed by atoms with E-state index in [9.17, 15) is 4.79 Å². The van der Waals surface area contributed by atoms with Crippen molar-refractivity contribution in [1.29, 1.82) is 0 Å². The number of fused-ring (bicyclic) bond motifs is 1. The number of benzene rings is 1. The summed E-state index contributed by atoms with van der Waals surface area (Å²) in [7, 11) is 0. The van der Waals surface area contributed by atoms with Gasteiger partial charge in [-0.15, -0.1) is 0 Å². The van der Waals surface area contributed by atoms with Crippen LogP contribution in [0.15, 0.2) is 30.6 Å². The molecule has 100 valence electrons. The molecule has 0 atom stereocenters. The number of halogens is 1. The maximum absolute atomic E-state index is 12.2. The van der Waals surface area contributed by atoms with Crippen LogP contribution in [0.3, 0.4) is 0 Å². The molecule has 0 fully saturated rings. The van der Waals surface area contributed by atoms with E-state index in [1.54, 1.807) is 18.5 Å². The molecule has 0 radical (unpaired) electrons. The zero-order valence-corrected chi connectivity index (χ0v) is 11.9. The van der Waals surface area contributed by atoms with E-state index >= 15 is 0 Å². The normalized spacial score (nSPS) is 10.9. The van der Waals surface area contributed by atoms with E-state index in [4.69, 9.17) is 11.6 Å². The summed E-state index contributed by atoms with van der Waals surface area (Å²) in [5, 5.41) is 5.46. The average Bonchev–Trinajstić information content (AvgIpc) is 2.40. The standard InChI is InChI=1S/C15H17ClN2O/c1-3-10(4-2)15(19)18-14-8-12(16)7-11-9-17-6-5-13(11)14/h5-10H,3-4H2,1-2H3,(H,18,19). The van der Waals surface area contributed by atoms with Crippen LogP contribution >= 0.6 is 11.6 Å². The molecule has 1 aromatic heterocycles. The highest BCUT2D eigenvalue weighted by atomic mass is 35.5. The Morgan fingerprint density at radius 1 is 1.37 bits per heavy atom. The largest absolute Gasteiger partial charge is 0.325 e. The molecule has 0 aliphatic heterocycles. The highest BCUT2D eigenvalue weighted by Gasteiger charge is 2.15. The Hall–Kier alpha value is -1.61. The van der Waals surface area contributed by atoms with Gasteiger partial charge in [0, 0.05) is 34.1 Å². The first kappa shape index (κ1) is 13.8. The third kappa shape index (κ3) is 3.04. The Balaban J connectivity index is 2.37. The van der Waals surface area contributed by atoms with Gasteiger partial charge in [-0.05, 0) is 31.0 Å². The lowest BCUT2D eigenvalue weighted by Gasteiger charge is -2.14. The topological polar surface area (TPSA) is 42.0 Å². The Morgan fingerprint density at radius 2 is 2.11 bits per heavy atom. The molecule has 1 heterocycles. The van der Waals surface area contributed by atoms with Gasteiger partial charge in [-0.25, -0.2) is 0 Å². The lowest BCUT2D eigenvalue weighted by Crippen LogP contribution is -2.21. The Morgan fingerprint density at radius 3 is 2.79 bits per heavy atom. The molecule has 0 saturated carbocycles. The molecule has 1 aromatic carbocycles. The molecule has 0 unspecified atom stereocenters. The molecular formula is C15H17ClN2O. The first-order valence-electron chi connectivity index (χ1n) is 6.49. The van der Waals surface area contributed by atoms with Gasteiger partial charge in [-0.3, -0.25) is 9.78 Å². The van der Waals surface area contributed by atoms with Gasteiger partial charge in [-0.1, -0.05) is 25.4 Å². The summed E-state index contributed by atoms with van der Waals surface area (Å²) in [5.74, 6) is 0.0845. The molecular weight excluding hydrogens is 260 g/mol. The molecule has 4 heteroatoms. The maximum Gasteiger partial charge on any atom is 0.227 e. The molecule has 1 N–H and O–H groups in total. The monoisotopic (exact) mass is 276 g/mol. The number of hydrogen-bond acceptors (Lipinski definition) is 2. The van der Waals surface area contributed by atoms with Gasteiger partial charge in [0.25, 0.3) is 0 Å². The summed E-state index contributed by atoms with van der Waals surface area (Å²) in [4.78, 5) is 16.2. The molecule has 2 aromatic rings. The molecule has 2 rings (SSSR count). The molecule has 19 heavy (non-hydrogen) atoms. The number of nitrogens with zero attached hydrogens (tertiary/aromatic N) is 1. The third-order valence-electron chi connectivity index (χ3n) is 3.33. The second-order valence-corrected chi connectivity index (χ2v) is 4.99. The molecule has 0 spiro atoms. The average molecular weight is 277 g/mol. The van der Waals surface area contributed by atoms with Crippen molar-refractivity contribution < 1.29 is 4.79 Å². The van der Waals surface area contributed by atoms with Crippen molar-refractivity contribution in [2.75, 3.05) is 5.32 Å². The third-order valence-corrected chi connectivity index (χ3v) is 3.55. The summed E-state index contributed by atoms with van der Waals surface area (Å²) >= 11 is 6.08. The van der Waals surface area contributed by atoms with E-state index in [1.165, 1.54) is 0 Å². The smallest absolute Gasteiger partial charge is 0.227 e. The van der Waals surface area contributed by atoms with Crippen molar-refractivity contribution in [2.45, 2.75) is 26.7 Å². The van der Waals surface area contributed by atoms with Crippen LogP contribution in [-0.4, -0.2) is 10.9 Å². The quantitative estimate of drug-likeness (QED) is 0.906. The van der Waals surface area contributed by atoms with Crippen molar-refractivity contribution in [3.63, 3.8) is 0 Å². The second kappa shape index (κ2) is 6.02. The number of hydrogen-bond donors (Lipinski definition) is 1. The summed E-state index contributed by atoms with van der Waals surface area (Å²) in [6.45, 7) is 4.04. The minimum Gasteiger partial charge on any atom is -0.325 e. The number of aromatic nitrogens is 1. The maximum atomic E-state index is 12.2. The van der Waals surface area contributed by atoms with Gasteiger partial charge in [0.2, 0.25) is 5.91 Å². The van der Waals surface area contributed by atoms with Gasteiger partial charge in [0.05, 0.1) is 5.69 Å². The van der Waals surface area contributed by atoms with Crippen molar-refractivity contribution in [1.82, 2.24) is 4.98 Å². The van der Waals surface area contributed by atoms with Gasteiger partial charge in [0.15, 0.2) is 0 Å². The number of pyridine rings is 1. The summed E-state index contributed by atoms with van der Waals surface area (Å²) in [6.07, 6.45) is 5.13. The first-order valence-corrected chi connectivity index (χ1v) is 6.87. The van der Waals surface area contributed by atoms with E-state index < -0.39 is 0 Å². The highest BCUT2D eigenvalue weighted by Crippen LogP contribution is 2.28. The van der Waals surface area contributed by atoms with Crippen molar-refractivity contribution in [3.05, 3.63) is 35.6 Å². The summed E-state index contributed by atoms with van der Waals surface area (Å²) in [6, 6.07) is 5.51. The summed E-state index contributed by atoms with van der Waals surface area (Å²) in [5.41, 5.74) is 0.752. The lowest BCUT2D eigenvalue weighted by atomic mass is 10.0. The van der Waals surface area contributed by atoms with Crippen LogP contribution < -0.4 is 5.32 Å². The fourth-order valence-corrected chi connectivity index (χ4v) is 2.40. The van der Waals surface area contributed by atoms with Crippen LogP contribution in [0, 0.1) is 5.92 Å². The van der Waals surface area contributed by atoms with Crippen molar-refractivity contribution in [3.8, 4) is 0 Å². The molecule has 0 saturated heterocycles. The van der Waals surface area contributed by atoms with Crippen LogP contribution in [0.25, 0.3) is 10.8 Å². The van der Waals surface area contributed by atoms with Gasteiger partial charge in [-0.2, -0.15) is 0 Å². The fraction of sp³-hybridized carbons (Fsp3) is 0.333. The van der Waals surface area contributed by atoms with E-state index in [-0.39, 0.29) is 11.8 Å². The first-order chi connectivity index (χ1) is 9.15. The van der Waals surface area contributed by atoms with Crippen LogP contribution in [0.5, 0.6) is 0 Å². The SMILES string of the molecule is CCC(CC)C(=O)Nc1cc(Cl)cc2cnccc12. The number of amides is 1. The lowest BCUT2D eigenvalue weighted by molar-refractivity contribution is -0.120. The predicted octanol–water partition coefficient (Wildman–Crippen LogP) is 4.26. The van der Waals surface area contributed by atoms with Gasteiger partial charge >= 0.3 is 0 Å². The molecule has 0 bridgehead atoms. The fourth-order valence-electron chi connectivity index (χ4n) is 2.17. The minimum atomic E-state index is 0.0378. The Bertz CT molecular complexity index is 594. The molecule has 0 aliphatic carbocycles. The molecule has 1 amide bonds. The van der Waals surface area contributed by atoms with Gasteiger partial charge in [0.1, 0.15) is 0 Å². The highest BCUT2D eigenvalue weighted by molar-refractivity contribution is 6.32. The number of anilines is 1. The number of rotatable bonds is 4. The van der Waals surface area contributed by atoms with Crippen LogP contribution in [-0.2, 0) is 4.79 Å². The van der Waals surface area contributed by atoms with Crippen molar-refractivity contribution in [2.24, 2.45) is 5.92 Å². The van der Waals surface area contributed by atoms with Crippen LogP contribution in [0.1, 0.15) is 26.7 Å². The molecule has 0 aliphatic rings. The number of nitrogens with one attached hydrogen (secondary N) is 1. The van der Waals surface area contributed by atoms with E-state index in [0.717, 1.165) is 29.3 Å². The minimum absolute atomic E-state index is 0.0378. The zero-order chi connectivity index (χ0) is 13.8. The van der Waals surface area contributed by atoms with Crippen molar-refractivity contribution >= 4 is 34.0 Å². The summed E-state index contributed by atoms with van der Waals surface area (Å²) < 4.78 is 0. The Kier molecular flexibility index (Phi) is 4.38. The van der Waals surface area contributed by atoms with Crippen LogP contribution in [0.4, 0.5) is 5.69 Å². The zero-order valence-electron chi connectivity index (χ0n) is 11.1. The van der Waals surface area contributed by atoms with Crippen LogP contribution in [0.2, 0.25) is 5.02 Å². The van der Waals surface area contributed by atoms with E-state index in [0.29, 0.717) is 5.02 Å². The van der Waals surface area contributed by atoms with E-state index in [1.807, 2.05) is 26.0 Å². The molecule has 3 nitrogen and oxygen atoms in total. The Labute approximate surface area is 118 Å². The number of carbonyl (C=O) groups is 1. The number of carbonyl (C=O) groups excluding carboxylic acids is 1. The van der Waals surface area contributed by atoms with E-state index in [2.05, 4.69) is 10.3 Å². The predicted molar refractivity (Wildman–Crippen MR) is 79.5 cm³/mol. The van der Waals surface area contributed by atoms with Gasteiger partial charge < -0.3 is 5.32 Å². The second-order valence-electron chi connectivity index (χ2n) is 4.55.